The normalized spacial score (nSPS) is 9.90. The lowest BCUT2D eigenvalue weighted by atomic mass is 10.2. The highest BCUT2D eigenvalue weighted by molar-refractivity contribution is 14.1. The molecule has 0 aliphatic carbocycles. The van der Waals surface area contributed by atoms with E-state index in [-0.39, 0.29) is 0 Å². The highest BCUT2D eigenvalue weighted by atomic mass is 127. The second-order valence-corrected chi connectivity index (χ2v) is 4.51. The summed E-state index contributed by atoms with van der Waals surface area (Å²) in [5, 5.41) is 0. The van der Waals surface area contributed by atoms with Crippen LogP contribution in [0.2, 0.25) is 0 Å². The minimum absolute atomic E-state index is 1.05. The van der Waals surface area contributed by atoms with Gasteiger partial charge in [-0.2, -0.15) is 0 Å². The number of hydrogen-bond acceptors (Lipinski definition) is 0. The summed E-state index contributed by atoms with van der Waals surface area (Å²) in [5.41, 5.74) is 1.34. The number of hydrogen-bond donors (Lipinski definition) is 0. The lowest BCUT2D eigenvalue weighted by molar-refractivity contribution is 1.42. The molecule has 0 bridgehead atoms. The zero-order chi connectivity index (χ0) is 7.56. The smallest absolute Gasteiger partial charge is 0.0247 e. The topological polar surface area (TPSA) is 0 Å². The molecule has 10 heavy (non-hydrogen) atoms. The number of alkyl halides is 1. The molecule has 0 fully saturated rings. The Balaban J connectivity index is 3.06. The van der Waals surface area contributed by atoms with E-state index in [1.807, 2.05) is 6.07 Å². The molecule has 1 rings (SSSR count). The van der Waals surface area contributed by atoms with Crippen molar-refractivity contribution >= 4 is 54.5 Å². The van der Waals surface area contributed by atoms with Gasteiger partial charge >= 0.3 is 0 Å². The minimum Gasteiger partial charge on any atom is -0.0812 e. The molecule has 0 radical (unpaired) electrons. The fourth-order valence-corrected chi connectivity index (χ4v) is 2.52. The van der Waals surface area contributed by atoms with Crippen molar-refractivity contribution in [2.24, 2.45) is 0 Å². The second kappa shape index (κ2) is 4.07. The first-order valence-corrected chi connectivity index (χ1v) is 5.84. The number of halogens is 3. The molecule has 0 saturated carbocycles. The SMILES string of the molecule is Brc1cc(Br)cc(CI)c1. The summed E-state index contributed by atoms with van der Waals surface area (Å²) in [6, 6.07) is 6.28. The van der Waals surface area contributed by atoms with Gasteiger partial charge in [-0.3, -0.25) is 0 Å². The minimum atomic E-state index is 1.05. The third-order valence-corrected chi connectivity index (χ3v) is 2.87. The first-order chi connectivity index (χ1) is 4.72. The highest BCUT2D eigenvalue weighted by Gasteiger charge is 1.94. The first kappa shape index (κ1) is 9.00. The molecule has 0 spiro atoms. The van der Waals surface area contributed by atoms with Crippen LogP contribution in [-0.4, -0.2) is 0 Å². The maximum atomic E-state index is 3.42. The van der Waals surface area contributed by atoms with E-state index in [2.05, 4.69) is 66.6 Å². The van der Waals surface area contributed by atoms with E-state index in [1.165, 1.54) is 5.56 Å². The number of benzene rings is 1. The van der Waals surface area contributed by atoms with Gasteiger partial charge in [0.2, 0.25) is 0 Å². The van der Waals surface area contributed by atoms with Gasteiger partial charge in [-0.05, 0) is 23.8 Å². The van der Waals surface area contributed by atoms with Gasteiger partial charge in [0.25, 0.3) is 0 Å². The van der Waals surface area contributed by atoms with Crippen molar-refractivity contribution in [3.63, 3.8) is 0 Å². The fraction of sp³-hybridized carbons (Fsp3) is 0.143. The molecule has 0 aliphatic rings. The quantitative estimate of drug-likeness (QED) is 0.511. The average molecular weight is 376 g/mol. The molecule has 0 aliphatic heterocycles. The summed E-state index contributed by atoms with van der Waals surface area (Å²) < 4.78 is 3.32. The van der Waals surface area contributed by atoms with Gasteiger partial charge in [0, 0.05) is 13.4 Å². The number of rotatable bonds is 1. The van der Waals surface area contributed by atoms with E-state index in [0.717, 1.165) is 13.4 Å². The zero-order valence-corrected chi connectivity index (χ0v) is 10.4. The molecule has 54 valence electrons. The third-order valence-electron chi connectivity index (χ3n) is 1.08. The zero-order valence-electron chi connectivity index (χ0n) is 5.07. The van der Waals surface area contributed by atoms with E-state index in [9.17, 15) is 0 Å². The Morgan fingerprint density at radius 3 is 2.00 bits per heavy atom. The van der Waals surface area contributed by atoms with Crippen LogP contribution in [0.4, 0.5) is 0 Å². The van der Waals surface area contributed by atoms with Crippen LogP contribution in [0.25, 0.3) is 0 Å². The Bertz CT molecular complexity index is 215. The van der Waals surface area contributed by atoms with Gasteiger partial charge in [-0.25, -0.2) is 0 Å². The van der Waals surface area contributed by atoms with Crippen molar-refractivity contribution in [1.29, 1.82) is 0 Å². The Morgan fingerprint density at radius 1 is 1.10 bits per heavy atom. The van der Waals surface area contributed by atoms with Crippen molar-refractivity contribution in [2.75, 3.05) is 0 Å². The fourth-order valence-electron chi connectivity index (χ4n) is 0.688. The van der Waals surface area contributed by atoms with Crippen LogP contribution in [0, 0.1) is 0 Å². The summed E-state index contributed by atoms with van der Waals surface area (Å²) in [5.74, 6) is 0. The molecule has 0 nitrogen and oxygen atoms in total. The highest BCUT2D eigenvalue weighted by Crippen LogP contribution is 2.21. The summed E-state index contributed by atoms with van der Waals surface area (Å²) in [4.78, 5) is 0. The van der Waals surface area contributed by atoms with Crippen LogP contribution >= 0.6 is 54.5 Å². The molecule has 0 N–H and O–H groups in total. The standard InChI is InChI=1S/C7H5Br2I/c8-6-1-5(4-10)2-7(9)3-6/h1-3H,4H2. The Kier molecular flexibility index (Phi) is 3.66. The molecular formula is C7H5Br2I. The van der Waals surface area contributed by atoms with Crippen LogP contribution in [0.15, 0.2) is 27.1 Å². The molecule has 0 aromatic heterocycles. The van der Waals surface area contributed by atoms with Crippen molar-refractivity contribution in [3.8, 4) is 0 Å². The molecule has 1 aromatic rings. The third kappa shape index (κ3) is 2.51. The summed E-state index contributed by atoms with van der Waals surface area (Å²) in [6.07, 6.45) is 0. The van der Waals surface area contributed by atoms with Gasteiger partial charge in [-0.1, -0.05) is 54.5 Å². The molecule has 0 atom stereocenters. The van der Waals surface area contributed by atoms with Crippen LogP contribution in [0.1, 0.15) is 5.56 Å². The van der Waals surface area contributed by atoms with E-state index in [4.69, 9.17) is 0 Å². The lowest BCUT2D eigenvalue weighted by Crippen LogP contribution is -1.76. The maximum Gasteiger partial charge on any atom is 0.0247 e. The molecule has 0 amide bonds. The van der Waals surface area contributed by atoms with Gasteiger partial charge in [0.05, 0.1) is 0 Å². The Morgan fingerprint density at radius 2 is 1.60 bits per heavy atom. The predicted molar refractivity (Wildman–Crippen MR) is 59.6 cm³/mol. The van der Waals surface area contributed by atoms with Crippen LogP contribution in [0.3, 0.4) is 0 Å². The van der Waals surface area contributed by atoms with Crippen molar-refractivity contribution in [2.45, 2.75) is 4.43 Å². The van der Waals surface area contributed by atoms with E-state index in [0.29, 0.717) is 0 Å². The molecular weight excluding hydrogens is 371 g/mol. The van der Waals surface area contributed by atoms with Gasteiger partial charge in [0.15, 0.2) is 0 Å². The van der Waals surface area contributed by atoms with Crippen LogP contribution < -0.4 is 0 Å². The van der Waals surface area contributed by atoms with Gasteiger partial charge in [0.1, 0.15) is 0 Å². The van der Waals surface area contributed by atoms with Crippen molar-refractivity contribution in [3.05, 3.63) is 32.7 Å². The summed E-state index contributed by atoms with van der Waals surface area (Å²) >= 11 is 9.19. The van der Waals surface area contributed by atoms with Gasteiger partial charge < -0.3 is 0 Å². The molecule has 1 aromatic carbocycles. The second-order valence-electron chi connectivity index (χ2n) is 1.91. The lowest BCUT2D eigenvalue weighted by Gasteiger charge is -1.97. The molecule has 0 unspecified atom stereocenters. The Labute approximate surface area is 90.8 Å². The van der Waals surface area contributed by atoms with Crippen molar-refractivity contribution in [1.82, 2.24) is 0 Å². The maximum absolute atomic E-state index is 3.42. The molecule has 3 heteroatoms. The van der Waals surface area contributed by atoms with E-state index >= 15 is 0 Å². The van der Waals surface area contributed by atoms with E-state index in [1.54, 1.807) is 0 Å². The summed E-state index contributed by atoms with van der Waals surface area (Å²) in [6.45, 7) is 0. The van der Waals surface area contributed by atoms with Crippen LogP contribution in [0.5, 0.6) is 0 Å². The molecule has 0 heterocycles. The first-order valence-electron chi connectivity index (χ1n) is 2.73. The van der Waals surface area contributed by atoms with Gasteiger partial charge in [-0.15, -0.1) is 0 Å². The largest absolute Gasteiger partial charge is 0.0812 e. The Hall–Kier alpha value is 0.910. The van der Waals surface area contributed by atoms with Crippen molar-refractivity contribution < 1.29 is 0 Å². The van der Waals surface area contributed by atoms with E-state index < -0.39 is 0 Å². The van der Waals surface area contributed by atoms with Crippen LogP contribution in [-0.2, 0) is 4.43 Å². The molecule has 0 saturated heterocycles. The monoisotopic (exact) mass is 374 g/mol. The predicted octanol–water partition coefficient (Wildman–Crippen LogP) is 4.15. The average Bonchev–Trinajstić information content (AvgIpc) is 1.85. The summed E-state index contributed by atoms with van der Waals surface area (Å²) in [7, 11) is 0.